The molecule has 8 heteroatoms. The standard InChI is InChI=1S/C21H22ClN5O2/c1-14-25-19(26-29-14)17-6-4-10-23-20(17)27-11-8-15(9-12-27)21(28)24-13-16-5-2-3-7-18(16)22/h2-7,10,15H,8-9,11-13H2,1H3,(H,24,28). The molecule has 4 rings (SSSR count). The molecule has 0 unspecified atom stereocenters. The molecule has 1 N–H and O–H groups in total. The van der Waals surface area contributed by atoms with E-state index in [9.17, 15) is 4.79 Å². The molecular formula is C21H22ClN5O2. The Balaban J connectivity index is 1.37. The van der Waals surface area contributed by atoms with Crippen LogP contribution in [0.2, 0.25) is 5.02 Å². The van der Waals surface area contributed by atoms with Gasteiger partial charge in [0.2, 0.25) is 17.6 Å². The number of aromatic nitrogens is 3. The monoisotopic (exact) mass is 411 g/mol. The fraction of sp³-hybridized carbons (Fsp3) is 0.333. The van der Waals surface area contributed by atoms with E-state index in [4.69, 9.17) is 16.1 Å². The highest BCUT2D eigenvalue weighted by molar-refractivity contribution is 6.31. The summed E-state index contributed by atoms with van der Waals surface area (Å²) < 4.78 is 5.11. The molecule has 1 aromatic carbocycles. The van der Waals surface area contributed by atoms with E-state index in [2.05, 4.69) is 25.3 Å². The zero-order valence-electron chi connectivity index (χ0n) is 16.1. The van der Waals surface area contributed by atoms with E-state index >= 15 is 0 Å². The average molecular weight is 412 g/mol. The summed E-state index contributed by atoms with van der Waals surface area (Å²) in [5, 5.41) is 7.70. The third-order valence-corrected chi connectivity index (χ3v) is 5.50. The molecule has 0 aliphatic carbocycles. The number of rotatable bonds is 5. The van der Waals surface area contributed by atoms with Crippen LogP contribution in [-0.4, -0.2) is 34.1 Å². The Morgan fingerprint density at radius 1 is 1.24 bits per heavy atom. The number of hydrogen-bond donors (Lipinski definition) is 1. The second-order valence-electron chi connectivity index (χ2n) is 7.08. The first-order chi connectivity index (χ1) is 14.1. The molecule has 0 saturated carbocycles. The molecule has 150 valence electrons. The van der Waals surface area contributed by atoms with Crippen LogP contribution in [0.3, 0.4) is 0 Å². The van der Waals surface area contributed by atoms with Crippen molar-refractivity contribution < 1.29 is 9.32 Å². The zero-order valence-corrected chi connectivity index (χ0v) is 16.9. The van der Waals surface area contributed by atoms with Crippen molar-refractivity contribution in [3.63, 3.8) is 0 Å². The lowest BCUT2D eigenvalue weighted by molar-refractivity contribution is -0.125. The van der Waals surface area contributed by atoms with Gasteiger partial charge in [-0.05, 0) is 36.6 Å². The Labute approximate surface area is 174 Å². The van der Waals surface area contributed by atoms with Gasteiger partial charge in [-0.15, -0.1) is 0 Å². The van der Waals surface area contributed by atoms with Gasteiger partial charge in [0.25, 0.3) is 0 Å². The van der Waals surface area contributed by atoms with Crippen molar-refractivity contribution in [1.29, 1.82) is 0 Å². The number of amides is 1. The van der Waals surface area contributed by atoms with Gasteiger partial charge in [0.15, 0.2) is 0 Å². The van der Waals surface area contributed by atoms with Crippen molar-refractivity contribution in [1.82, 2.24) is 20.4 Å². The average Bonchev–Trinajstić information content (AvgIpc) is 3.19. The topological polar surface area (TPSA) is 84.2 Å². The molecular weight excluding hydrogens is 390 g/mol. The number of hydrogen-bond acceptors (Lipinski definition) is 6. The minimum Gasteiger partial charge on any atom is -0.356 e. The number of nitrogens with zero attached hydrogens (tertiary/aromatic N) is 4. The van der Waals surface area contributed by atoms with E-state index in [0.717, 1.165) is 42.9 Å². The predicted molar refractivity (Wildman–Crippen MR) is 111 cm³/mol. The quantitative estimate of drug-likeness (QED) is 0.690. The lowest BCUT2D eigenvalue weighted by atomic mass is 9.95. The van der Waals surface area contributed by atoms with Crippen LogP contribution in [0.15, 0.2) is 47.1 Å². The number of halogens is 1. The van der Waals surface area contributed by atoms with Crippen LogP contribution in [0, 0.1) is 12.8 Å². The molecule has 0 spiro atoms. The molecule has 1 aliphatic rings. The molecule has 1 amide bonds. The Kier molecular flexibility index (Phi) is 5.76. The molecule has 0 atom stereocenters. The summed E-state index contributed by atoms with van der Waals surface area (Å²) in [6, 6.07) is 11.4. The van der Waals surface area contributed by atoms with Gasteiger partial charge in [-0.25, -0.2) is 4.98 Å². The largest absolute Gasteiger partial charge is 0.356 e. The highest BCUT2D eigenvalue weighted by Gasteiger charge is 2.27. The van der Waals surface area contributed by atoms with Crippen molar-refractivity contribution in [3.8, 4) is 11.4 Å². The number of carbonyl (C=O) groups is 1. The molecule has 0 radical (unpaired) electrons. The van der Waals surface area contributed by atoms with Gasteiger partial charge in [-0.1, -0.05) is 35.0 Å². The van der Waals surface area contributed by atoms with Crippen LogP contribution >= 0.6 is 11.6 Å². The van der Waals surface area contributed by atoms with E-state index in [1.54, 1.807) is 13.1 Å². The van der Waals surface area contributed by atoms with Crippen molar-refractivity contribution in [3.05, 3.63) is 59.1 Å². The lowest BCUT2D eigenvalue weighted by Gasteiger charge is -2.33. The fourth-order valence-electron chi connectivity index (χ4n) is 3.55. The van der Waals surface area contributed by atoms with Gasteiger partial charge in [-0.2, -0.15) is 4.98 Å². The van der Waals surface area contributed by atoms with E-state index in [1.807, 2.05) is 36.4 Å². The first-order valence-corrected chi connectivity index (χ1v) is 10.0. The number of piperidine rings is 1. The van der Waals surface area contributed by atoms with Crippen LogP contribution in [-0.2, 0) is 11.3 Å². The van der Waals surface area contributed by atoms with Gasteiger partial charge in [-0.3, -0.25) is 4.79 Å². The minimum absolute atomic E-state index is 0.0201. The molecule has 1 fully saturated rings. The van der Waals surface area contributed by atoms with Crippen molar-refractivity contribution >= 4 is 23.3 Å². The van der Waals surface area contributed by atoms with Gasteiger partial charge in [0.1, 0.15) is 5.82 Å². The van der Waals surface area contributed by atoms with Crippen LogP contribution in [0.4, 0.5) is 5.82 Å². The summed E-state index contributed by atoms with van der Waals surface area (Å²) in [6.07, 6.45) is 3.28. The maximum Gasteiger partial charge on any atom is 0.223 e. The first kappa shape index (κ1) is 19.4. The first-order valence-electron chi connectivity index (χ1n) is 9.63. The number of aryl methyl sites for hydroxylation is 1. The minimum atomic E-state index is -0.0201. The molecule has 1 saturated heterocycles. The summed E-state index contributed by atoms with van der Waals surface area (Å²) in [6.45, 7) is 3.69. The van der Waals surface area contributed by atoms with Gasteiger partial charge in [0, 0.05) is 43.7 Å². The smallest absolute Gasteiger partial charge is 0.223 e. The normalized spacial score (nSPS) is 14.8. The summed E-state index contributed by atoms with van der Waals surface area (Å²) >= 11 is 6.17. The van der Waals surface area contributed by atoms with Crippen molar-refractivity contribution in [2.24, 2.45) is 5.92 Å². The highest BCUT2D eigenvalue weighted by atomic mass is 35.5. The Bertz CT molecular complexity index is 998. The summed E-state index contributed by atoms with van der Waals surface area (Å²) in [7, 11) is 0. The Morgan fingerprint density at radius 2 is 2.03 bits per heavy atom. The maximum absolute atomic E-state index is 12.6. The number of carbonyl (C=O) groups excluding carboxylic acids is 1. The molecule has 0 bridgehead atoms. The lowest BCUT2D eigenvalue weighted by Crippen LogP contribution is -2.40. The molecule has 2 aromatic heterocycles. The van der Waals surface area contributed by atoms with E-state index in [0.29, 0.717) is 23.3 Å². The van der Waals surface area contributed by atoms with Crippen LogP contribution in [0.5, 0.6) is 0 Å². The van der Waals surface area contributed by atoms with Crippen molar-refractivity contribution in [2.45, 2.75) is 26.3 Å². The van der Waals surface area contributed by atoms with Gasteiger partial charge >= 0.3 is 0 Å². The predicted octanol–water partition coefficient (Wildman–Crippen LogP) is 3.63. The third-order valence-electron chi connectivity index (χ3n) is 5.13. The van der Waals surface area contributed by atoms with Crippen LogP contribution in [0.25, 0.3) is 11.4 Å². The van der Waals surface area contributed by atoms with E-state index in [1.165, 1.54) is 0 Å². The Hall–Kier alpha value is -2.93. The number of benzene rings is 1. The molecule has 7 nitrogen and oxygen atoms in total. The summed E-state index contributed by atoms with van der Waals surface area (Å²) in [5.41, 5.74) is 1.76. The second-order valence-corrected chi connectivity index (χ2v) is 7.49. The molecule has 3 aromatic rings. The SMILES string of the molecule is Cc1nc(-c2cccnc2N2CCC(C(=O)NCc3ccccc3Cl)CC2)no1. The van der Waals surface area contributed by atoms with Gasteiger partial charge in [0.05, 0.1) is 5.56 Å². The molecule has 1 aliphatic heterocycles. The molecule has 29 heavy (non-hydrogen) atoms. The summed E-state index contributed by atoms with van der Waals surface area (Å²) in [4.78, 5) is 23.6. The highest BCUT2D eigenvalue weighted by Crippen LogP contribution is 2.30. The number of anilines is 1. The van der Waals surface area contributed by atoms with Gasteiger partial charge < -0.3 is 14.7 Å². The van der Waals surface area contributed by atoms with E-state index in [-0.39, 0.29) is 11.8 Å². The van der Waals surface area contributed by atoms with Crippen molar-refractivity contribution in [2.75, 3.05) is 18.0 Å². The third kappa shape index (κ3) is 4.40. The fourth-order valence-corrected chi connectivity index (χ4v) is 3.76. The number of nitrogens with one attached hydrogen (secondary N) is 1. The van der Waals surface area contributed by atoms with Crippen LogP contribution in [0.1, 0.15) is 24.3 Å². The maximum atomic E-state index is 12.6. The molecule has 3 heterocycles. The second kappa shape index (κ2) is 8.61. The Morgan fingerprint density at radius 3 is 2.76 bits per heavy atom. The summed E-state index contributed by atoms with van der Waals surface area (Å²) in [5.74, 6) is 1.92. The van der Waals surface area contributed by atoms with Crippen LogP contribution < -0.4 is 10.2 Å². The zero-order chi connectivity index (χ0) is 20.2. The number of pyridine rings is 1. The van der Waals surface area contributed by atoms with E-state index < -0.39 is 0 Å².